The molecule has 6 nitrogen and oxygen atoms in total. The van der Waals surface area contributed by atoms with Crippen molar-refractivity contribution in [3.63, 3.8) is 0 Å². The van der Waals surface area contributed by atoms with Crippen molar-refractivity contribution in [2.45, 2.75) is 19.4 Å². The topological polar surface area (TPSA) is 73.2 Å². The molecule has 4 N–H and O–H groups in total. The Morgan fingerprint density at radius 3 is 2.91 bits per heavy atom. The van der Waals surface area contributed by atoms with Crippen molar-refractivity contribution in [3.8, 4) is 0 Å². The molecule has 0 spiro atoms. The maximum Gasteiger partial charge on any atom is 0.128 e. The predicted octanol–water partition coefficient (Wildman–Crippen LogP) is 4.28. The summed E-state index contributed by atoms with van der Waals surface area (Å²) >= 11 is 12.4. The van der Waals surface area contributed by atoms with Gasteiger partial charge in [0.15, 0.2) is 0 Å². The Hall–Kier alpha value is -2.25. The molecule has 3 heterocycles. The third-order valence-corrected chi connectivity index (χ3v) is 6.87. The Labute approximate surface area is 199 Å². The van der Waals surface area contributed by atoms with Crippen LogP contribution in [0.4, 0.5) is 5.82 Å². The number of H-pyrrole nitrogens is 1. The van der Waals surface area contributed by atoms with Gasteiger partial charge in [-0.3, -0.25) is 4.90 Å². The first kappa shape index (κ1) is 22.9. The number of aromatic amines is 1. The molecule has 1 aliphatic heterocycles. The van der Waals surface area contributed by atoms with E-state index in [1.807, 2.05) is 25.1 Å². The van der Waals surface area contributed by atoms with E-state index in [-0.39, 0.29) is 6.04 Å². The molecule has 0 radical (unpaired) electrons. The molecule has 4 rings (SSSR count). The molecule has 3 aromatic rings. The molecule has 0 fully saturated rings. The number of likely N-dealkylation sites (N-methyl/N-ethyl adjacent to an activating group) is 1. The van der Waals surface area contributed by atoms with E-state index >= 15 is 0 Å². The van der Waals surface area contributed by atoms with E-state index < -0.39 is 0 Å². The lowest BCUT2D eigenvalue weighted by atomic mass is 9.97. The number of hydrogen-bond donors (Lipinski definition) is 3. The van der Waals surface area contributed by atoms with Crippen LogP contribution in [-0.4, -0.2) is 54.6 Å². The summed E-state index contributed by atoms with van der Waals surface area (Å²) < 4.78 is 0. The van der Waals surface area contributed by atoms with E-state index in [1.54, 1.807) is 0 Å². The Morgan fingerprint density at radius 2 is 2.16 bits per heavy atom. The molecule has 1 atom stereocenters. The quantitative estimate of drug-likeness (QED) is 0.456. The van der Waals surface area contributed by atoms with Crippen LogP contribution in [0.3, 0.4) is 0 Å². The van der Waals surface area contributed by atoms with Crippen molar-refractivity contribution in [1.82, 2.24) is 20.2 Å². The molecule has 1 aromatic carbocycles. The minimum atomic E-state index is 0.182. The zero-order valence-corrected chi connectivity index (χ0v) is 20.1. The van der Waals surface area contributed by atoms with E-state index in [9.17, 15) is 0 Å². The van der Waals surface area contributed by atoms with E-state index in [1.165, 1.54) is 16.6 Å². The van der Waals surface area contributed by atoms with Gasteiger partial charge in [0.25, 0.3) is 0 Å². The highest BCUT2D eigenvalue weighted by molar-refractivity contribution is 6.31. The molecule has 0 aliphatic carbocycles. The fourth-order valence-electron chi connectivity index (χ4n) is 4.34. The number of halogens is 2. The number of hydrogen-bond acceptors (Lipinski definition) is 5. The molecule has 1 aliphatic rings. The summed E-state index contributed by atoms with van der Waals surface area (Å²) in [7, 11) is 2.07. The summed E-state index contributed by atoms with van der Waals surface area (Å²) in [6, 6.07) is 10.1. The molecule has 0 bridgehead atoms. The first-order valence-corrected chi connectivity index (χ1v) is 11.6. The van der Waals surface area contributed by atoms with Crippen LogP contribution in [0, 0.1) is 6.92 Å². The number of pyridine rings is 1. The lowest BCUT2D eigenvalue weighted by molar-refractivity contribution is 0.185. The van der Waals surface area contributed by atoms with Crippen molar-refractivity contribution >= 4 is 39.9 Å². The maximum atomic E-state index is 6.29. The van der Waals surface area contributed by atoms with E-state index in [0.717, 1.165) is 60.3 Å². The number of nitrogens with zero attached hydrogens (tertiary/aromatic N) is 3. The molecule has 170 valence electrons. The van der Waals surface area contributed by atoms with E-state index in [4.69, 9.17) is 28.9 Å². The van der Waals surface area contributed by atoms with Gasteiger partial charge < -0.3 is 20.9 Å². The van der Waals surface area contributed by atoms with Gasteiger partial charge in [0.2, 0.25) is 0 Å². The monoisotopic (exact) mass is 472 g/mol. The summed E-state index contributed by atoms with van der Waals surface area (Å²) in [5, 5.41) is 6.08. The van der Waals surface area contributed by atoms with E-state index in [0.29, 0.717) is 11.6 Å². The van der Waals surface area contributed by atoms with Crippen molar-refractivity contribution < 1.29 is 0 Å². The van der Waals surface area contributed by atoms with Crippen LogP contribution in [0.2, 0.25) is 10.0 Å². The van der Waals surface area contributed by atoms with E-state index in [2.05, 4.69) is 50.8 Å². The van der Waals surface area contributed by atoms with Crippen LogP contribution in [0.15, 0.2) is 42.6 Å². The number of aryl methyl sites for hydroxylation is 1. The van der Waals surface area contributed by atoms with Gasteiger partial charge in [-0.1, -0.05) is 29.8 Å². The first-order chi connectivity index (χ1) is 15.4. The molecule has 32 heavy (non-hydrogen) atoms. The van der Waals surface area contributed by atoms with Crippen LogP contribution in [0.1, 0.15) is 23.0 Å². The molecule has 0 amide bonds. The number of benzene rings is 1. The average molecular weight is 473 g/mol. The van der Waals surface area contributed by atoms with Gasteiger partial charge in [-0.05, 0) is 49.2 Å². The summed E-state index contributed by atoms with van der Waals surface area (Å²) in [6.07, 6.45) is 0.978. The van der Waals surface area contributed by atoms with Crippen LogP contribution in [-0.2, 0) is 6.42 Å². The van der Waals surface area contributed by atoms with Gasteiger partial charge in [-0.2, -0.15) is 0 Å². The molecule has 2 aromatic heterocycles. The second-order valence-electron chi connectivity index (χ2n) is 8.36. The Bertz CT molecular complexity index is 1130. The molecular formula is C24H30Cl2N6. The van der Waals surface area contributed by atoms with Crippen molar-refractivity contribution in [2.75, 3.05) is 44.7 Å². The molecule has 0 saturated carbocycles. The summed E-state index contributed by atoms with van der Waals surface area (Å²) in [4.78, 5) is 13.0. The second kappa shape index (κ2) is 9.71. The average Bonchev–Trinajstić information content (AvgIpc) is 3.15. The zero-order chi connectivity index (χ0) is 22.8. The normalized spacial score (nSPS) is 16.2. The molecular weight excluding hydrogens is 443 g/mol. The largest absolute Gasteiger partial charge is 0.386 e. The third kappa shape index (κ3) is 4.74. The van der Waals surface area contributed by atoms with Gasteiger partial charge >= 0.3 is 0 Å². The van der Waals surface area contributed by atoms with Crippen molar-refractivity contribution in [1.29, 1.82) is 0 Å². The third-order valence-electron chi connectivity index (χ3n) is 6.24. The Balaban J connectivity index is 1.55. The predicted molar refractivity (Wildman–Crippen MR) is 135 cm³/mol. The van der Waals surface area contributed by atoms with Gasteiger partial charge in [0, 0.05) is 67.1 Å². The fraction of sp³-hybridized carbons (Fsp3) is 0.375. The molecule has 1 unspecified atom stereocenters. The van der Waals surface area contributed by atoms with Crippen LogP contribution >= 0.6 is 23.2 Å². The van der Waals surface area contributed by atoms with Gasteiger partial charge in [0.1, 0.15) is 5.82 Å². The lowest BCUT2D eigenvalue weighted by Crippen LogP contribution is -2.44. The number of nitrogens with one attached hydrogen (secondary N) is 2. The summed E-state index contributed by atoms with van der Waals surface area (Å²) in [6.45, 7) is 9.83. The maximum absolute atomic E-state index is 6.29. The fourth-order valence-corrected chi connectivity index (χ4v) is 4.61. The summed E-state index contributed by atoms with van der Waals surface area (Å²) in [5.74, 6) is 0.927. The Morgan fingerprint density at radius 1 is 1.34 bits per heavy atom. The Kier molecular flexibility index (Phi) is 6.96. The SMILES string of the molecule is C=C(CN)NCC1c2[nH]c3ccc(Cl)cc3c2CCN1CCN(C)c1ccc(Cl)c(C)n1. The highest BCUT2D eigenvalue weighted by Gasteiger charge is 2.30. The van der Waals surface area contributed by atoms with Gasteiger partial charge in [-0.15, -0.1) is 0 Å². The van der Waals surface area contributed by atoms with Crippen molar-refractivity contribution in [3.05, 3.63) is 69.6 Å². The number of anilines is 1. The smallest absolute Gasteiger partial charge is 0.128 e. The first-order valence-electron chi connectivity index (χ1n) is 10.9. The minimum Gasteiger partial charge on any atom is -0.386 e. The standard InChI is InChI=1S/C24H30Cl2N6/c1-15(13-27)28-14-22-24-18(19-12-17(25)4-6-21(19)30-24)8-9-32(22)11-10-31(3)23-7-5-20(26)16(2)29-23/h4-7,12,22,28,30H,1,8-11,13-14,27H2,2-3H3. The highest BCUT2D eigenvalue weighted by Crippen LogP contribution is 2.35. The number of nitrogens with two attached hydrogens (primary N) is 1. The molecule has 8 heteroatoms. The molecule has 0 saturated heterocycles. The summed E-state index contributed by atoms with van der Waals surface area (Å²) in [5.41, 5.74) is 11.2. The van der Waals surface area contributed by atoms with Crippen LogP contribution in [0.5, 0.6) is 0 Å². The number of rotatable bonds is 8. The number of fused-ring (bicyclic) bond motifs is 3. The van der Waals surface area contributed by atoms with Gasteiger partial charge in [-0.25, -0.2) is 4.98 Å². The lowest BCUT2D eigenvalue weighted by Gasteiger charge is -2.37. The zero-order valence-electron chi connectivity index (χ0n) is 18.6. The number of aromatic nitrogens is 2. The van der Waals surface area contributed by atoms with Gasteiger partial charge in [0.05, 0.1) is 16.8 Å². The van der Waals surface area contributed by atoms with Crippen molar-refractivity contribution in [2.24, 2.45) is 5.73 Å². The van der Waals surface area contributed by atoms with Crippen LogP contribution in [0.25, 0.3) is 10.9 Å². The highest BCUT2D eigenvalue weighted by atomic mass is 35.5. The second-order valence-corrected chi connectivity index (χ2v) is 9.20. The van der Waals surface area contributed by atoms with Crippen LogP contribution < -0.4 is 16.0 Å². The minimum absolute atomic E-state index is 0.182.